The van der Waals surface area contributed by atoms with Crippen LogP contribution in [0.25, 0.3) is 0 Å². The van der Waals surface area contributed by atoms with E-state index in [4.69, 9.17) is 4.74 Å². The Morgan fingerprint density at radius 1 is 1.81 bits per heavy atom. The molecular formula is C9H14N4O2S. The van der Waals surface area contributed by atoms with E-state index in [1.54, 1.807) is 4.90 Å². The van der Waals surface area contributed by atoms with E-state index in [0.29, 0.717) is 25.4 Å². The number of morpholine rings is 1. The van der Waals surface area contributed by atoms with Gasteiger partial charge in [0.1, 0.15) is 0 Å². The first-order valence-electron chi connectivity index (χ1n) is 5.14. The molecule has 1 aromatic rings. The monoisotopic (exact) mass is 242 g/mol. The lowest BCUT2D eigenvalue weighted by Crippen LogP contribution is -2.48. The fraction of sp³-hybridized carbons (Fsp3) is 0.667. The number of ether oxygens (including phenoxy) is 1. The molecule has 1 amide bonds. The Balaban J connectivity index is 1.96. The number of carbonyl (C=O) groups is 1. The molecule has 2 rings (SSSR count). The second kappa shape index (κ2) is 5.33. The lowest BCUT2D eigenvalue weighted by molar-refractivity contribution is -0.0197. The summed E-state index contributed by atoms with van der Waals surface area (Å²) in [6.45, 7) is 2.56. The zero-order chi connectivity index (χ0) is 11.4. The van der Waals surface area contributed by atoms with Gasteiger partial charge in [-0.1, -0.05) is 0 Å². The molecule has 7 heteroatoms. The van der Waals surface area contributed by atoms with Crippen LogP contribution in [0.1, 0.15) is 10.5 Å². The number of nitrogens with zero attached hydrogens (tertiary/aromatic N) is 3. The Hall–Kier alpha value is -1.05. The number of rotatable bonds is 3. The van der Waals surface area contributed by atoms with Gasteiger partial charge in [0.25, 0.3) is 5.91 Å². The van der Waals surface area contributed by atoms with Gasteiger partial charge in [0.05, 0.1) is 30.6 Å². The van der Waals surface area contributed by atoms with Gasteiger partial charge in [-0.2, -0.15) is 8.75 Å². The lowest BCUT2D eigenvalue weighted by atomic mass is 10.2. The Morgan fingerprint density at radius 2 is 2.69 bits per heavy atom. The Kier molecular flexibility index (Phi) is 3.81. The number of aromatic nitrogens is 2. The molecule has 1 N–H and O–H groups in total. The summed E-state index contributed by atoms with van der Waals surface area (Å²) in [6.07, 6.45) is 1.57. The molecule has 1 unspecified atom stereocenters. The average molecular weight is 242 g/mol. The van der Waals surface area contributed by atoms with Crippen molar-refractivity contribution in [2.45, 2.75) is 6.10 Å². The second-order valence-corrected chi connectivity index (χ2v) is 4.15. The van der Waals surface area contributed by atoms with Crippen LogP contribution in [0.4, 0.5) is 0 Å². The summed E-state index contributed by atoms with van der Waals surface area (Å²) in [5.74, 6) is -0.0573. The molecule has 6 nitrogen and oxygen atoms in total. The van der Waals surface area contributed by atoms with Gasteiger partial charge in [0, 0.05) is 19.6 Å². The van der Waals surface area contributed by atoms with Crippen LogP contribution in [-0.4, -0.2) is 58.9 Å². The van der Waals surface area contributed by atoms with Crippen molar-refractivity contribution >= 4 is 17.6 Å². The van der Waals surface area contributed by atoms with E-state index < -0.39 is 0 Å². The van der Waals surface area contributed by atoms with Crippen molar-refractivity contribution in [1.82, 2.24) is 19.0 Å². The van der Waals surface area contributed by atoms with E-state index in [-0.39, 0.29) is 12.0 Å². The molecule has 1 fully saturated rings. The van der Waals surface area contributed by atoms with Crippen molar-refractivity contribution in [3.05, 3.63) is 11.9 Å². The van der Waals surface area contributed by atoms with Crippen molar-refractivity contribution in [1.29, 1.82) is 0 Å². The minimum Gasteiger partial charge on any atom is -0.373 e. The van der Waals surface area contributed by atoms with Crippen LogP contribution in [0.15, 0.2) is 6.20 Å². The number of carbonyl (C=O) groups excluding carboxylic acids is 1. The normalized spacial score (nSPS) is 21.1. The van der Waals surface area contributed by atoms with E-state index in [0.717, 1.165) is 18.3 Å². The van der Waals surface area contributed by atoms with Gasteiger partial charge in [-0.15, -0.1) is 0 Å². The molecule has 0 aliphatic carbocycles. The minimum absolute atomic E-state index is 0.0573. The molecule has 0 saturated carbocycles. The van der Waals surface area contributed by atoms with Crippen molar-refractivity contribution in [3.63, 3.8) is 0 Å². The Labute approximate surface area is 97.9 Å². The quantitative estimate of drug-likeness (QED) is 0.781. The maximum absolute atomic E-state index is 12.0. The lowest BCUT2D eigenvalue weighted by Gasteiger charge is -2.32. The zero-order valence-corrected chi connectivity index (χ0v) is 9.87. The van der Waals surface area contributed by atoms with Gasteiger partial charge < -0.3 is 15.0 Å². The van der Waals surface area contributed by atoms with Crippen molar-refractivity contribution < 1.29 is 9.53 Å². The topological polar surface area (TPSA) is 67.4 Å². The van der Waals surface area contributed by atoms with Crippen LogP contribution in [0.5, 0.6) is 0 Å². The van der Waals surface area contributed by atoms with Gasteiger partial charge in [0.15, 0.2) is 5.69 Å². The first-order valence-corrected chi connectivity index (χ1v) is 5.87. The van der Waals surface area contributed by atoms with Crippen LogP contribution in [0.3, 0.4) is 0 Å². The maximum Gasteiger partial charge on any atom is 0.275 e. The number of hydrogen-bond donors (Lipinski definition) is 1. The SMILES string of the molecule is CNCC1CN(C(=O)c2cnsn2)CCO1. The molecular weight excluding hydrogens is 228 g/mol. The maximum atomic E-state index is 12.0. The molecule has 2 heterocycles. The summed E-state index contributed by atoms with van der Waals surface area (Å²) >= 11 is 1.05. The van der Waals surface area contributed by atoms with E-state index in [9.17, 15) is 4.79 Å². The number of likely N-dealkylation sites (N-methyl/N-ethyl adjacent to an activating group) is 1. The summed E-state index contributed by atoms with van der Waals surface area (Å²) in [6, 6.07) is 0. The summed E-state index contributed by atoms with van der Waals surface area (Å²) in [4.78, 5) is 13.7. The molecule has 1 saturated heterocycles. The highest BCUT2D eigenvalue weighted by molar-refractivity contribution is 6.99. The van der Waals surface area contributed by atoms with E-state index in [1.807, 2.05) is 7.05 Å². The molecule has 0 radical (unpaired) electrons. The molecule has 0 aromatic carbocycles. The highest BCUT2D eigenvalue weighted by atomic mass is 32.1. The molecule has 16 heavy (non-hydrogen) atoms. The third kappa shape index (κ3) is 2.55. The molecule has 1 aromatic heterocycles. The predicted octanol–water partition coefficient (Wildman–Crippen LogP) is -0.402. The van der Waals surface area contributed by atoms with Crippen molar-refractivity contribution in [2.75, 3.05) is 33.3 Å². The fourth-order valence-corrected chi connectivity index (χ4v) is 2.08. The van der Waals surface area contributed by atoms with Crippen LogP contribution >= 0.6 is 11.7 Å². The molecule has 1 aliphatic rings. The van der Waals surface area contributed by atoms with Crippen molar-refractivity contribution in [2.24, 2.45) is 0 Å². The third-order valence-corrected chi connectivity index (χ3v) is 2.92. The van der Waals surface area contributed by atoms with Crippen LogP contribution in [0.2, 0.25) is 0 Å². The predicted molar refractivity (Wildman–Crippen MR) is 59.5 cm³/mol. The van der Waals surface area contributed by atoms with E-state index in [2.05, 4.69) is 14.1 Å². The fourth-order valence-electron chi connectivity index (χ4n) is 1.68. The van der Waals surface area contributed by atoms with Gasteiger partial charge in [-0.3, -0.25) is 4.79 Å². The average Bonchev–Trinajstić information content (AvgIpc) is 2.82. The highest BCUT2D eigenvalue weighted by Gasteiger charge is 2.25. The molecule has 88 valence electrons. The first-order chi connectivity index (χ1) is 7.81. The van der Waals surface area contributed by atoms with Crippen LogP contribution in [-0.2, 0) is 4.74 Å². The summed E-state index contributed by atoms with van der Waals surface area (Å²) in [5, 5.41) is 3.04. The Morgan fingerprint density at radius 3 is 3.38 bits per heavy atom. The first kappa shape index (κ1) is 11.4. The number of nitrogens with one attached hydrogen (secondary N) is 1. The summed E-state index contributed by atoms with van der Waals surface area (Å²) in [5.41, 5.74) is 0.426. The van der Waals surface area contributed by atoms with Crippen LogP contribution in [0, 0.1) is 0 Å². The summed E-state index contributed by atoms with van der Waals surface area (Å²) < 4.78 is 13.3. The zero-order valence-electron chi connectivity index (χ0n) is 9.05. The van der Waals surface area contributed by atoms with Gasteiger partial charge in [0.2, 0.25) is 0 Å². The Bertz CT molecular complexity index is 341. The van der Waals surface area contributed by atoms with E-state index >= 15 is 0 Å². The molecule has 1 aliphatic heterocycles. The highest BCUT2D eigenvalue weighted by Crippen LogP contribution is 2.09. The van der Waals surface area contributed by atoms with Gasteiger partial charge in [-0.05, 0) is 7.05 Å². The smallest absolute Gasteiger partial charge is 0.275 e. The van der Waals surface area contributed by atoms with E-state index in [1.165, 1.54) is 6.20 Å². The second-order valence-electron chi connectivity index (χ2n) is 3.59. The van der Waals surface area contributed by atoms with Gasteiger partial charge in [-0.25, -0.2) is 0 Å². The molecule has 0 spiro atoms. The van der Waals surface area contributed by atoms with Crippen molar-refractivity contribution in [3.8, 4) is 0 Å². The standard InChI is InChI=1S/C9H14N4O2S/c1-10-4-7-6-13(2-3-15-7)9(14)8-5-11-16-12-8/h5,7,10H,2-4,6H2,1H3. The number of hydrogen-bond acceptors (Lipinski definition) is 6. The van der Waals surface area contributed by atoms with Crippen LogP contribution < -0.4 is 5.32 Å². The molecule has 0 bridgehead atoms. The minimum atomic E-state index is -0.0573. The number of amides is 1. The molecule has 1 atom stereocenters. The largest absolute Gasteiger partial charge is 0.373 e. The summed E-state index contributed by atoms with van der Waals surface area (Å²) in [7, 11) is 1.87. The van der Waals surface area contributed by atoms with Gasteiger partial charge >= 0.3 is 0 Å². The third-order valence-electron chi connectivity index (χ3n) is 2.44.